The fourth-order valence-electron chi connectivity index (χ4n) is 2.51. The van der Waals surface area contributed by atoms with E-state index in [9.17, 15) is 0 Å². The molecule has 0 aliphatic carbocycles. The number of hydrogen-bond donors (Lipinski definition) is 0. The molecule has 1 heteroatoms. The summed E-state index contributed by atoms with van der Waals surface area (Å²) in [5.74, 6) is 0. The molecular weight excluding hydrogens is 331 g/mol. The molecule has 3 aromatic carbocycles. The SMILES string of the molecule is c1cc[c]([In]([c]2ccccc2)[c]2ccccc2)cc1. The van der Waals surface area contributed by atoms with Crippen molar-refractivity contribution in [3.05, 3.63) is 91.0 Å². The molecule has 0 saturated carbocycles. The van der Waals surface area contributed by atoms with Gasteiger partial charge >= 0.3 is 122 Å². The normalized spacial score (nSPS) is 10.1. The molecule has 0 radical (unpaired) electrons. The van der Waals surface area contributed by atoms with E-state index >= 15 is 0 Å². The number of benzene rings is 3. The van der Waals surface area contributed by atoms with Crippen LogP contribution in [0.5, 0.6) is 0 Å². The standard InChI is InChI=1S/3C6H5.In/c3*1-2-4-6-5-3-1;/h3*1-5H;. The van der Waals surface area contributed by atoms with Gasteiger partial charge in [0, 0.05) is 0 Å². The van der Waals surface area contributed by atoms with E-state index in [0.717, 1.165) is 0 Å². The summed E-state index contributed by atoms with van der Waals surface area (Å²) in [6.45, 7) is 0. The van der Waals surface area contributed by atoms with Crippen molar-refractivity contribution < 1.29 is 0 Å². The molecule has 0 nitrogen and oxygen atoms in total. The minimum absolute atomic E-state index is 1.54. The topological polar surface area (TPSA) is 0 Å². The molecule has 0 aromatic heterocycles. The van der Waals surface area contributed by atoms with Crippen LogP contribution in [0, 0.1) is 0 Å². The van der Waals surface area contributed by atoms with Gasteiger partial charge in [0.15, 0.2) is 0 Å². The van der Waals surface area contributed by atoms with Gasteiger partial charge in [0.05, 0.1) is 0 Å². The van der Waals surface area contributed by atoms with Crippen molar-refractivity contribution in [2.75, 3.05) is 0 Å². The monoisotopic (exact) mass is 346 g/mol. The molecule has 0 unspecified atom stereocenters. The van der Waals surface area contributed by atoms with Crippen LogP contribution in [-0.2, 0) is 0 Å². The molecule has 0 spiro atoms. The van der Waals surface area contributed by atoms with Gasteiger partial charge in [-0.25, -0.2) is 0 Å². The number of hydrogen-bond acceptors (Lipinski definition) is 0. The van der Waals surface area contributed by atoms with Gasteiger partial charge in [-0.15, -0.1) is 0 Å². The quantitative estimate of drug-likeness (QED) is 0.682. The van der Waals surface area contributed by atoms with Crippen molar-refractivity contribution in [1.82, 2.24) is 0 Å². The van der Waals surface area contributed by atoms with Crippen molar-refractivity contribution in [1.29, 1.82) is 0 Å². The van der Waals surface area contributed by atoms with E-state index in [0.29, 0.717) is 0 Å². The zero-order chi connectivity index (χ0) is 12.9. The van der Waals surface area contributed by atoms with E-state index in [1.807, 2.05) is 0 Å². The van der Waals surface area contributed by atoms with Gasteiger partial charge in [-0.3, -0.25) is 0 Å². The van der Waals surface area contributed by atoms with E-state index in [-0.39, 0.29) is 0 Å². The Bertz CT molecular complexity index is 524. The van der Waals surface area contributed by atoms with Crippen LogP contribution in [-0.4, -0.2) is 21.4 Å². The van der Waals surface area contributed by atoms with Gasteiger partial charge < -0.3 is 0 Å². The van der Waals surface area contributed by atoms with Crippen LogP contribution in [0.4, 0.5) is 0 Å². The zero-order valence-electron chi connectivity index (χ0n) is 10.7. The maximum absolute atomic E-state index is 2.29. The molecule has 0 saturated heterocycles. The van der Waals surface area contributed by atoms with Crippen molar-refractivity contribution in [3.8, 4) is 0 Å². The summed E-state index contributed by atoms with van der Waals surface area (Å²) in [6.07, 6.45) is 0. The van der Waals surface area contributed by atoms with Gasteiger partial charge in [0.1, 0.15) is 0 Å². The van der Waals surface area contributed by atoms with Crippen molar-refractivity contribution in [3.63, 3.8) is 0 Å². The van der Waals surface area contributed by atoms with Gasteiger partial charge in [-0.1, -0.05) is 0 Å². The molecule has 3 aromatic rings. The molecule has 0 bridgehead atoms. The van der Waals surface area contributed by atoms with Crippen LogP contribution in [0.1, 0.15) is 0 Å². The van der Waals surface area contributed by atoms with Crippen molar-refractivity contribution in [2.45, 2.75) is 0 Å². The first-order valence-electron chi connectivity index (χ1n) is 6.60. The van der Waals surface area contributed by atoms with Crippen LogP contribution in [0.2, 0.25) is 0 Å². The van der Waals surface area contributed by atoms with E-state index < -0.39 is 21.4 Å². The zero-order valence-corrected chi connectivity index (χ0v) is 14.0. The first-order chi connectivity index (χ1) is 9.45. The Balaban J connectivity index is 2.12. The Morgan fingerprint density at radius 3 is 0.895 bits per heavy atom. The molecule has 0 aliphatic rings. The summed E-state index contributed by atoms with van der Waals surface area (Å²) in [7, 11) is 0. The summed E-state index contributed by atoms with van der Waals surface area (Å²) in [6, 6.07) is 33.0. The molecule has 0 atom stereocenters. The van der Waals surface area contributed by atoms with Gasteiger partial charge in [0.2, 0.25) is 0 Å². The van der Waals surface area contributed by atoms with E-state index in [1.54, 1.807) is 9.96 Å². The van der Waals surface area contributed by atoms with Crippen LogP contribution >= 0.6 is 0 Å². The predicted molar refractivity (Wildman–Crippen MR) is 84.0 cm³/mol. The molecule has 0 heterocycles. The third kappa shape index (κ3) is 2.93. The van der Waals surface area contributed by atoms with Crippen LogP contribution in [0.15, 0.2) is 91.0 Å². The van der Waals surface area contributed by atoms with Crippen LogP contribution in [0.25, 0.3) is 0 Å². The summed E-state index contributed by atoms with van der Waals surface area (Å²) < 4.78 is 4.63. The average Bonchev–Trinajstić information content (AvgIpc) is 2.51. The van der Waals surface area contributed by atoms with E-state index in [1.165, 1.54) is 0 Å². The molecule has 19 heavy (non-hydrogen) atoms. The maximum atomic E-state index is 2.29. The van der Waals surface area contributed by atoms with Crippen LogP contribution in [0.3, 0.4) is 0 Å². The Morgan fingerprint density at radius 1 is 0.368 bits per heavy atom. The molecule has 3 rings (SSSR count). The summed E-state index contributed by atoms with van der Waals surface area (Å²) >= 11 is -2.14. The van der Waals surface area contributed by atoms with Crippen molar-refractivity contribution in [2.24, 2.45) is 0 Å². The first-order valence-corrected chi connectivity index (χ1v) is 11.5. The van der Waals surface area contributed by atoms with Crippen molar-refractivity contribution >= 4 is 31.4 Å². The molecule has 90 valence electrons. The van der Waals surface area contributed by atoms with E-state index in [4.69, 9.17) is 0 Å². The predicted octanol–water partition coefficient (Wildman–Crippen LogP) is 2.20. The average molecular weight is 346 g/mol. The van der Waals surface area contributed by atoms with Gasteiger partial charge in [0.25, 0.3) is 0 Å². The second kappa shape index (κ2) is 6.12. The molecule has 0 fully saturated rings. The third-order valence-electron chi connectivity index (χ3n) is 3.40. The first kappa shape index (κ1) is 12.6. The Hall–Kier alpha value is -1.47. The Morgan fingerprint density at radius 2 is 0.632 bits per heavy atom. The van der Waals surface area contributed by atoms with Gasteiger partial charge in [-0.2, -0.15) is 0 Å². The molecular formula is C18H15In. The minimum atomic E-state index is -2.14. The molecule has 0 amide bonds. The number of rotatable bonds is 3. The summed E-state index contributed by atoms with van der Waals surface area (Å²) in [5, 5.41) is 0. The fraction of sp³-hybridized carbons (Fsp3) is 0. The second-order valence-corrected chi connectivity index (χ2v) is 12.8. The third-order valence-corrected chi connectivity index (χ3v) is 12.4. The van der Waals surface area contributed by atoms with E-state index in [2.05, 4.69) is 91.0 Å². The van der Waals surface area contributed by atoms with Crippen LogP contribution < -0.4 is 9.96 Å². The Labute approximate surface area is 122 Å². The molecule has 0 aliphatic heterocycles. The summed E-state index contributed by atoms with van der Waals surface area (Å²) in [5.41, 5.74) is 0. The second-order valence-electron chi connectivity index (χ2n) is 4.67. The van der Waals surface area contributed by atoms with Gasteiger partial charge in [-0.05, 0) is 0 Å². The Kier molecular flexibility index (Phi) is 4.04. The summed E-state index contributed by atoms with van der Waals surface area (Å²) in [4.78, 5) is 0. The fourth-order valence-corrected chi connectivity index (χ4v) is 11.0. The molecule has 0 N–H and O–H groups in total.